The smallest absolute Gasteiger partial charge is 0.147 e. The van der Waals surface area contributed by atoms with Crippen LogP contribution in [0.2, 0.25) is 0 Å². The predicted molar refractivity (Wildman–Crippen MR) is 71.5 cm³/mol. The molecule has 0 unspecified atom stereocenters. The Balaban J connectivity index is 2.88. The molecule has 1 rings (SSSR count). The summed E-state index contributed by atoms with van der Waals surface area (Å²) in [6.07, 6.45) is 0. The van der Waals surface area contributed by atoms with E-state index in [0.717, 1.165) is 14.5 Å². The van der Waals surface area contributed by atoms with E-state index in [9.17, 15) is 5.11 Å². The molecule has 0 saturated heterocycles. The number of hydrogen-bond acceptors (Lipinski definition) is 3. The third kappa shape index (κ3) is 4.05. The first-order valence-electron chi connectivity index (χ1n) is 4.86. The number of aliphatic hydroxyl groups is 1. The molecule has 90 valence electrons. The van der Waals surface area contributed by atoms with E-state index in [4.69, 9.17) is 10.5 Å². The molecule has 0 aromatic heterocycles. The number of benzene rings is 1. The molecule has 0 aliphatic carbocycles. The van der Waals surface area contributed by atoms with Gasteiger partial charge in [0.1, 0.15) is 12.4 Å². The molecular weight excluding hydrogens is 338 g/mol. The molecule has 0 radical (unpaired) electrons. The van der Waals surface area contributed by atoms with Crippen molar-refractivity contribution in [1.29, 1.82) is 0 Å². The van der Waals surface area contributed by atoms with Crippen LogP contribution in [0.5, 0.6) is 5.75 Å². The van der Waals surface area contributed by atoms with Gasteiger partial charge in [0.2, 0.25) is 0 Å². The van der Waals surface area contributed by atoms with Gasteiger partial charge in [-0.2, -0.15) is 0 Å². The molecule has 0 aliphatic heterocycles. The highest BCUT2D eigenvalue weighted by atomic mass is 79.9. The van der Waals surface area contributed by atoms with Gasteiger partial charge in [-0.15, -0.1) is 0 Å². The Morgan fingerprint density at radius 2 is 1.81 bits per heavy atom. The highest BCUT2D eigenvalue weighted by molar-refractivity contribution is 9.11. The Morgan fingerprint density at radius 3 is 2.19 bits per heavy atom. The van der Waals surface area contributed by atoms with Crippen LogP contribution in [0.15, 0.2) is 21.1 Å². The first-order chi connectivity index (χ1) is 7.33. The molecule has 0 atom stereocenters. The summed E-state index contributed by atoms with van der Waals surface area (Å²) in [7, 11) is 0. The normalized spacial score (nSPS) is 11.6. The summed E-state index contributed by atoms with van der Waals surface area (Å²) in [5.41, 5.74) is 5.71. The zero-order valence-electron chi connectivity index (χ0n) is 9.26. The summed E-state index contributed by atoms with van der Waals surface area (Å²) in [5, 5.41) is 9.59. The molecule has 0 aliphatic rings. The third-order valence-electron chi connectivity index (χ3n) is 1.86. The van der Waals surface area contributed by atoms with Crippen molar-refractivity contribution >= 4 is 31.9 Å². The Labute approximate surface area is 112 Å². The zero-order chi connectivity index (χ0) is 12.3. The SMILES string of the molecule is CC(C)(O)COc1c(Br)cc(CN)cc1Br. The minimum absolute atomic E-state index is 0.228. The highest BCUT2D eigenvalue weighted by Gasteiger charge is 2.16. The van der Waals surface area contributed by atoms with Crippen molar-refractivity contribution in [3.8, 4) is 5.75 Å². The van der Waals surface area contributed by atoms with Crippen molar-refractivity contribution in [1.82, 2.24) is 0 Å². The average molecular weight is 353 g/mol. The van der Waals surface area contributed by atoms with Gasteiger partial charge in [0.25, 0.3) is 0 Å². The fraction of sp³-hybridized carbons (Fsp3) is 0.455. The van der Waals surface area contributed by atoms with Gasteiger partial charge in [-0.1, -0.05) is 0 Å². The van der Waals surface area contributed by atoms with Gasteiger partial charge in [-0.3, -0.25) is 0 Å². The Hall–Kier alpha value is -0.100. The van der Waals surface area contributed by atoms with E-state index in [0.29, 0.717) is 12.3 Å². The van der Waals surface area contributed by atoms with Crippen LogP contribution in [0.4, 0.5) is 0 Å². The van der Waals surface area contributed by atoms with Crippen LogP contribution in [-0.4, -0.2) is 17.3 Å². The summed E-state index contributed by atoms with van der Waals surface area (Å²) in [6, 6.07) is 3.81. The Kier molecular flexibility index (Phi) is 4.79. The van der Waals surface area contributed by atoms with Gasteiger partial charge < -0.3 is 15.6 Å². The first kappa shape index (κ1) is 14.0. The number of halogens is 2. The molecule has 0 fully saturated rings. The van der Waals surface area contributed by atoms with Crippen molar-refractivity contribution in [2.24, 2.45) is 5.73 Å². The second-order valence-electron chi connectivity index (χ2n) is 4.19. The molecule has 3 N–H and O–H groups in total. The maximum absolute atomic E-state index is 9.59. The molecule has 5 heteroatoms. The maximum Gasteiger partial charge on any atom is 0.147 e. The Morgan fingerprint density at radius 1 is 1.31 bits per heavy atom. The molecule has 3 nitrogen and oxygen atoms in total. The number of nitrogens with two attached hydrogens (primary N) is 1. The van der Waals surface area contributed by atoms with Gasteiger partial charge in [0.15, 0.2) is 0 Å². The van der Waals surface area contributed by atoms with Crippen LogP contribution < -0.4 is 10.5 Å². The van der Waals surface area contributed by atoms with Crippen molar-refractivity contribution in [2.75, 3.05) is 6.61 Å². The van der Waals surface area contributed by atoms with E-state index in [1.165, 1.54) is 0 Å². The van der Waals surface area contributed by atoms with E-state index >= 15 is 0 Å². The fourth-order valence-corrected chi connectivity index (χ4v) is 2.63. The summed E-state index contributed by atoms with van der Waals surface area (Å²) in [4.78, 5) is 0. The zero-order valence-corrected chi connectivity index (χ0v) is 12.4. The van der Waals surface area contributed by atoms with E-state index in [1.807, 2.05) is 12.1 Å². The molecule has 0 heterocycles. The van der Waals surface area contributed by atoms with E-state index < -0.39 is 5.60 Å². The minimum atomic E-state index is -0.856. The first-order valence-corrected chi connectivity index (χ1v) is 6.45. The summed E-state index contributed by atoms with van der Waals surface area (Å²) < 4.78 is 7.20. The van der Waals surface area contributed by atoms with Crippen molar-refractivity contribution in [3.63, 3.8) is 0 Å². The largest absolute Gasteiger partial charge is 0.488 e. The summed E-state index contributed by atoms with van der Waals surface area (Å²) in [6.45, 7) is 4.10. The predicted octanol–water partition coefficient (Wildman–Crippen LogP) is 2.82. The molecular formula is C11H15Br2NO2. The quantitative estimate of drug-likeness (QED) is 0.876. The monoisotopic (exact) mass is 351 g/mol. The molecule has 0 saturated carbocycles. The number of hydrogen-bond donors (Lipinski definition) is 2. The van der Waals surface area contributed by atoms with Gasteiger partial charge in [-0.05, 0) is 63.4 Å². The van der Waals surface area contributed by atoms with Crippen molar-refractivity contribution in [2.45, 2.75) is 26.0 Å². The number of rotatable bonds is 4. The van der Waals surface area contributed by atoms with Crippen molar-refractivity contribution < 1.29 is 9.84 Å². The highest BCUT2D eigenvalue weighted by Crippen LogP contribution is 2.35. The lowest BCUT2D eigenvalue weighted by Gasteiger charge is -2.19. The van der Waals surface area contributed by atoms with Crippen LogP contribution in [0.3, 0.4) is 0 Å². The molecule has 0 spiro atoms. The molecule has 1 aromatic rings. The Bertz CT molecular complexity index is 352. The number of ether oxygens (including phenoxy) is 1. The van der Waals surface area contributed by atoms with Gasteiger partial charge >= 0.3 is 0 Å². The molecule has 0 amide bonds. The summed E-state index contributed by atoms with van der Waals surface area (Å²) >= 11 is 6.83. The van der Waals surface area contributed by atoms with Crippen molar-refractivity contribution in [3.05, 3.63) is 26.6 Å². The lowest BCUT2D eigenvalue weighted by atomic mass is 10.1. The lowest BCUT2D eigenvalue weighted by Crippen LogP contribution is -2.28. The topological polar surface area (TPSA) is 55.5 Å². The standard InChI is InChI=1S/C11H15Br2NO2/c1-11(2,15)6-16-10-8(12)3-7(5-14)4-9(10)13/h3-4,15H,5-6,14H2,1-2H3. The molecule has 16 heavy (non-hydrogen) atoms. The third-order valence-corrected chi connectivity index (χ3v) is 3.04. The van der Waals surface area contributed by atoms with Crippen LogP contribution in [0.1, 0.15) is 19.4 Å². The second kappa shape index (κ2) is 5.49. The second-order valence-corrected chi connectivity index (χ2v) is 5.90. The molecule has 1 aromatic carbocycles. The van der Waals surface area contributed by atoms with Crippen LogP contribution >= 0.6 is 31.9 Å². The minimum Gasteiger partial charge on any atom is -0.488 e. The van der Waals surface area contributed by atoms with Gasteiger partial charge in [-0.25, -0.2) is 0 Å². The van der Waals surface area contributed by atoms with Crippen LogP contribution in [0.25, 0.3) is 0 Å². The lowest BCUT2D eigenvalue weighted by molar-refractivity contribution is 0.0279. The van der Waals surface area contributed by atoms with Gasteiger partial charge in [0.05, 0.1) is 14.5 Å². The maximum atomic E-state index is 9.59. The molecule has 0 bridgehead atoms. The van der Waals surface area contributed by atoms with E-state index in [2.05, 4.69) is 31.9 Å². The average Bonchev–Trinajstić information content (AvgIpc) is 2.14. The fourth-order valence-electron chi connectivity index (χ4n) is 1.12. The van der Waals surface area contributed by atoms with E-state index in [-0.39, 0.29) is 6.61 Å². The van der Waals surface area contributed by atoms with Crippen LogP contribution in [0, 0.1) is 0 Å². The van der Waals surface area contributed by atoms with Crippen LogP contribution in [-0.2, 0) is 6.54 Å². The van der Waals surface area contributed by atoms with Gasteiger partial charge in [0, 0.05) is 6.54 Å². The summed E-state index contributed by atoms with van der Waals surface area (Å²) in [5.74, 6) is 0.680. The van der Waals surface area contributed by atoms with E-state index in [1.54, 1.807) is 13.8 Å².